The van der Waals surface area contributed by atoms with Crippen molar-refractivity contribution >= 4 is 23.4 Å². The zero-order valence-electron chi connectivity index (χ0n) is 25.1. The second-order valence-electron chi connectivity index (χ2n) is 11.4. The van der Waals surface area contributed by atoms with Gasteiger partial charge in [-0.1, -0.05) is 54.1 Å². The van der Waals surface area contributed by atoms with Crippen LogP contribution in [0, 0.1) is 0 Å². The van der Waals surface area contributed by atoms with Crippen molar-refractivity contribution in [1.82, 2.24) is 15.5 Å². The molecule has 2 amide bonds. The lowest BCUT2D eigenvalue weighted by atomic mass is 9.72. The number of likely N-dealkylation sites (tertiary alicyclic amines) is 1. The average molecular weight is 606 g/mol. The fraction of sp³-hybridized carbons (Fsp3) is 0.412. The largest absolute Gasteiger partial charge is 0.493 e. The molecule has 2 fully saturated rings. The summed E-state index contributed by atoms with van der Waals surface area (Å²) < 4.78 is 16.4. The summed E-state index contributed by atoms with van der Waals surface area (Å²) in [5.74, 6) is 1.24. The maximum absolute atomic E-state index is 13.9. The van der Waals surface area contributed by atoms with Crippen molar-refractivity contribution in [3.8, 4) is 17.2 Å². The number of carbonyl (C=O) groups is 2. The number of hydrogen-bond donors (Lipinski definition) is 2. The van der Waals surface area contributed by atoms with Crippen LogP contribution in [0.1, 0.15) is 47.2 Å². The average Bonchev–Trinajstić information content (AvgIpc) is 3.49. The van der Waals surface area contributed by atoms with Crippen LogP contribution in [0.5, 0.6) is 17.2 Å². The third kappa shape index (κ3) is 6.17. The molecule has 3 aromatic carbocycles. The van der Waals surface area contributed by atoms with Crippen molar-refractivity contribution in [2.24, 2.45) is 0 Å². The van der Waals surface area contributed by atoms with E-state index in [0.29, 0.717) is 53.9 Å². The van der Waals surface area contributed by atoms with Crippen LogP contribution in [-0.4, -0.2) is 70.8 Å². The van der Waals surface area contributed by atoms with Gasteiger partial charge in [-0.15, -0.1) is 0 Å². The summed E-state index contributed by atoms with van der Waals surface area (Å²) in [5, 5.41) is 7.34. The number of ether oxygens (including phenoxy) is 3. The van der Waals surface area contributed by atoms with Crippen LogP contribution in [0.15, 0.2) is 66.7 Å². The lowest BCUT2D eigenvalue weighted by Gasteiger charge is -2.37. The van der Waals surface area contributed by atoms with E-state index >= 15 is 0 Å². The van der Waals surface area contributed by atoms with E-state index in [1.54, 1.807) is 12.1 Å². The van der Waals surface area contributed by atoms with Gasteiger partial charge in [0.05, 0.1) is 26.7 Å². The van der Waals surface area contributed by atoms with Crippen LogP contribution in [0.2, 0.25) is 5.02 Å². The SMILES string of the molecule is COc1cc(C(=O)N2CCC(CCNC(=O)C3(c4ccccc4)CCNCC3)(c3cccc(Cl)c3)C2)cc(OC)c1OC. The summed E-state index contributed by atoms with van der Waals surface area (Å²) in [4.78, 5) is 29.6. The van der Waals surface area contributed by atoms with E-state index in [0.717, 1.165) is 43.5 Å². The quantitative estimate of drug-likeness (QED) is 0.339. The number of rotatable bonds is 10. The Bertz CT molecular complexity index is 1420. The van der Waals surface area contributed by atoms with Crippen LogP contribution >= 0.6 is 11.6 Å². The van der Waals surface area contributed by atoms with E-state index in [9.17, 15) is 9.59 Å². The highest BCUT2D eigenvalue weighted by molar-refractivity contribution is 6.30. The third-order valence-electron chi connectivity index (χ3n) is 9.10. The monoisotopic (exact) mass is 605 g/mol. The van der Waals surface area contributed by atoms with Gasteiger partial charge < -0.3 is 29.7 Å². The maximum atomic E-state index is 13.9. The van der Waals surface area contributed by atoms with Gasteiger partial charge >= 0.3 is 0 Å². The van der Waals surface area contributed by atoms with Crippen LogP contribution < -0.4 is 24.8 Å². The number of hydrogen-bond acceptors (Lipinski definition) is 6. The predicted octanol–water partition coefficient (Wildman–Crippen LogP) is 4.98. The van der Waals surface area contributed by atoms with Crippen LogP contribution in [0.25, 0.3) is 0 Å². The minimum absolute atomic E-state index is 0.0600. The normalized spacial score (nSPS) is 19.5. The molecule has 0 saturated carbocycles. The first-order valence-electron chi connectivity index (χ1n) is 14.8. The smallest absolute Gasteiger partial charge is 0.254 e. The molecule has 0 aromatic heterocycles. The van der Waals surface area contributed by atoms with Gasteiger partial charge in [-0.2, -0.15) is 0 Å². The van der Waals surface area contributed by atoms with E-state index in [1.165, 1.54) is 21.3 Å². The van der Waals surface area contributed by atoms with Gasteiger partial charge in [-0.3, -0.25) is 9.59 Å². The number of carbonyl (C=O) groups excluding carboxylic acids is 2. The Morgan fingerprint density at radius 1 is 0.884 bits per heavy atom. The molecular weight excluding hydrogens is 566 g/mol. The molecule has 2 aliphatic heterocycles. The number of nitrogens with zero attached hydrogens (tertiary/aromatic N) is 1. The Hall–Kier alpha value is -3.75. The summed E-state index contributed by atoms with van der Waals surface area (Å²) in [7, 11) is 4.60. The van der Waals surface area contributed by atoms with E-state index in [-0.39, 0.29) is 17.2 Å². The van der Waals surface area contributed by atoms with Gasteiger partial charge in [0.1, 0.15) is 0 Å². The summed E-state index contributed by atoms with van der Waals surface area (Å²) >= 11 is 6.45. The highest BCUT2D eigenvalue weighted by Crippen LogP contribution is 2.42. The molecule has 3 aromatic rings. The van der Waals surface area contributed by atoms with Crippen LogP contribution in [0.4, 0.5) is 0 Å². The number of nitrogens with one attached hydrogen (secondary N) is 2. The molecule has 0 bridgehead atoms. The van der Waals surface area contributed by atoms with Gasteiger partial charge in [0, 0.05) is 35.6 Å². The number of methoxy groups -OCH3 is 3. The Morgan fingerprint density at radius 2 is 1.56 bits per heavy atom. The second kappa shape index (κ2) is 13.3. The van der Waals surface area contributed by atoms with Crippen molar-refractivity contribution in [2.75, 3.05) is 54.1 Å². The summed E-state index contributed by atoms with van der Waals surface area (Å²) in [6.45, 7) is 3.14. The van der Waals surface area contributed by atoms with E-state index in [2.05, 4.69) is 28.8 Å². The standard InChI is InChI=1S/C34H40ClN3O5/c1-41-28-20-24(21-29(42-2)30(28)43-3)31(39)38-19-15-33(23-38,26-10-7-11-27(35)22-26)12-18-37-32(40)34(13-16-36-17-14-34)25-8-5-4-6-9-25/h4-11,20-22,36H,12-19,23H2,1-3H3,(H,37,40). The maximum Gasteiger partial charge on any atom is 0.254 e. The Morgan fingerprint density at radius 3 is 2.19 bits per heavy atom. The molecule has 2 N–H and O–H groups in total. The molecule has 0 radical (unpaired) electrons. The third-order valence-corrected chi connectivity index (χ3v) is 9.33. The minimum atomic E-state index is -0.556. The molecule has 0 aliphatic carbocycles. The molecule has 5 rings (SSSR count). The number of amides is 2. The predicted molar refractivity (Wildman–Crippen MR) is 168 cm³/mol. The highest BCUT2D eigenvalue weighted by Gasteiger charge is 2.44. The minimum Gasteiger partial charge on any atom is -0.493 e. The number of halogens is 1. The van der Waals surface area contributed by atoms with E-state index in [1.807, 2.05) is 41.3 Å². The summed E-state index contributed by atoms with van der Waals surface area (Å²) in [6, 6.07) is 21.3. The van der Waals surface area contributed by atoms with Crippen molar-refractivity contribution in [1.29, 1.82) is 0 Å². The van der Waals surface area contributed by atoms with Crippen molar-refractivity contribution in [3.05, 3.63) is 88.4 Å². The zero-order chi connectivity index (χ0) is 30.5. The molecule has 0 spiro atoms. The van der Waals surface area contributed by atoms with Crippen molar-refractivity contribution in [2.45, 2.75) is 36.5 Å². The Labute approximate surface area is 258 Å². The molecule has 1 unspecified atom stereocenters. The molecule has 2 aliphatic rings. The fourth-order valence-corrected chi connectivity index (χ4v) is 6.87. The zero-order valence-corrected chi connectivity index (χ0v) is 25.8. The van der Waals surface area contributed by atoms with Crippen molar-refractivity contribution in [3.63, 3.8) is 0 Å². The second-order valence-corrected chi connectivity index (χ2v) is 11.8. The molecule has 2 heterocycles. The summed E-state index contributed by atoms with van der Waals surface area (Å²) in [6.07, 6.45) is 2.91. The highest BCUT2D eigenvalue weighted by atomic mass is 35.5. The topological polar surface area (TPSA) is 89.1 Å². The van der Waals surface area contributed by atoms with Gasteiger partial charge in [0.2, 0.25) is 11.7 Å². The fourth-order valence-electron chi connectivity index (χ4n) is 6.68. The van der Waals surface area contributed by atoms with Gasteiger partial charge in [-0.05, 0) is 74.2 Å². The summed E-state index contributed by atoms with van der Waals surface area (Å²) in [5.41, 5.74) is 1.65. The molecule has 9 heteroatoms. The molecule has 43 heavy (non-hydrogen) atoms. The molecule has 8 nitrogen and oxygen atoms in total. The number of piperidine rings is 1. The lowest BCUT2D eigenvalue weighted by molar-refractivity contribution is -0.127. The first kappa shape index (κ1) is 30.7. The van der Waals surface area contributed by atoms with Gasteiger partial charge in [0.25, 0.3) is 5.91 Å². The molecular formula is C34H40ClN3O5. The lowest BCUT2D eigenvalue weighted by Crippen LogP contribution is -2.51. The molecule has 1 atom stereocenters. The van der Waals surface area contributed by atoms with Gasteiger partial charge in [-0.25, -0.2) is 0 Å². The van der Waals surface area contributed by atoms with Crippen molar-refractivity contribution < 1.29 is 23.8 Å². The van der Waals surface area contributed by atoms with Crippen LogP contribution in [-0.2, 0) is 15.6 Å². The van der Waals surface area contributed by atoms with Crippen LogP contribution in [0.3, 0.4) is 0 Å². The first-order chi connectivity index (χ1) is 20.9. The van der Waals surface area contributed by atoms with Gasteiger partial charge in [0.15, 0.2) is 11.5 Å². The molecule has 228 valence electrons. The number of benzene rings is 3. The van der Waals surface area contributed by atoms with E-state index in [4.69, 9.17) is 25.8 Å². The Balaban J connectivity index is 1.37. The molecule has 2 saturated heterocycles. The Kier molecular flexibility index (Phi) is 9.47. The first-order valence-corrected chi connectivity index (χ1v) is 15.1. The van der Waals surface area contributed by atoms with E-state index < -0.39 is 5.41 Å².